The van der Waals surface area contributed by atoms with E-state index in [0.717, 1.165) is 17.7 Å². The van der Waals surface area contributed by atoms with Crippen LogP contribution >= 0.6 is 0 Å². The first kappa shape index (κ1) is 22.0. The summed E-state index contributed by atoms with van der Waals surface area (Å²) >= 11 is 0. The maximum absolute atomic E-state index is 12.8. The summed E-state index contributed by atoms with van der Waals surface area (Å²) in [7, 11) is 0. The fourth-order valence-corrected chi connectivity index (χ4v) is 3.90. The van der Waals surface area contributed by atoms with Crippen molar-refractivity contribution in [3.05, 3.63) is 0 Å². The van der Waals surface area contributed by atoms with E-state index in [1.807, 2.05) is 13.8 Å². The van der Waals surface area contributed by atoms with Gasteiger partial charge in [0.2, 0.25) is 5.91 Å². The van der Waals surface area contributed by atoms with E-state index in [9.17, 15) is 19.2 Å². The smallest absolute Gasteiger partial charge is 0.407 e. The minimum absolute atomic E-state index is 0.189. The Bertz CT molecular complexity index is 615. The summed E-state index contributed by atoms with van der Waals surface area (Å²) in [5, 5.41) is 8.26. The molecule has 1 spiro atoms. The number of carbonyl (C=O) groups is 4. The normalized spacial score (nSPS) is 20.2. The third kappa shape index (κ3) is 4.94. The lowest BCUT2D eigenvalue weighted by atomic mass is 9.97. The Labute approximate surface area is 165 Å². The largest absolute Gasteiger partial charge is 0.450 e. The van der Waals surface area contributed by atoms with Crippen LogP contribution in [0.4, 0.5) is 9.59 Å². The summed E-state index contributed by atoms with van der Waals surface area (Å²) in [5.41, 5.74) is -0.836. The molecule has 2 unspecified atom stereocenters. The van der Waals surface area contributed by atoms with Gasteiger partial charge in [0.25, 0.3) is 5.91 Å². The SMILES string of the molecule is CCOC(=O)NC(CNC(=O)C(C)N1C(=O)NC2(CCCC2)C1=O)CC(C)C. The van der Waals surface area contributed by atoms with Crippen LogP contribution in [-0.4, -0.2) is 59.6 Å². The number of nitrogens with one attached hydrogen (secondary N) is 3. The second-order valence-electron chi connectivity index (χ2n) is 8.01. The van der Waals surface area contributed by atoms with E-state index in [0.29, 0.717) is 25.2 Å². The number of urea groups is 1. The zero-order valence-corrected chi connectivity index (χ0v) is 17.2. The molecule has 2 fully saturated rings. The zero-order chi connectivity index (χ0) is 20.9. The number of amides is 5. The van der Waals surface area contributed by atoms with Crippen molar-refractivity contribution in [3.63, 3.8) is 0 Å². The number of hydrogen-bond acceptors (Lipinski definition) is 5. The van der Waals surface area contributed by atoms with Crippen molar-refractivity contribution in [1.82, 2.24) is 20.9 Å². The van der Waals surface area contributed by atoms with Crippen LogP contribution in [0.5, 0.6) is 0 Å². The summed E-state index contributed by atoms with van der Waals surface area (Å²) in [5.74, 6) is -0.451. The summed E-state index contributed by atoms with van der Waals surface area (Å²) in [6, 6.07) is -1.74. The van der Waals surface area contributed by atoms with Crippen molar-refractivity contribution < 1.29 is 23.9 Å². The predicted octanol–water partition coefficient (Wildman–Crippen LogP) is 1.52. The number of alkyl carbamates (subject to hydrolysis) is 1. The molecule has 9 heteroatoms. The number of nitrogens with zero attached hydrogens (tertiary/aromatic N) is 1. The van der Waals surface area contributed by atoms with Crippen molar-refractivity contribution in [2.45, 2.75) is 77.4 Å². The number of imide groups is 1. The molecule has 5 amide bonds. The molecule has 0 aromatic carbocycles. The highest BCUT2D eigenvalue weighted by Gasteiger charge is 2.54. The monoisotopic (exact) mass is 396 g/mol. The quantitative estimate of drug-likeness (QED) is 0.538. The second-order valence-corrected chi connectivity index (χ2v) is 8.01. The molecule has 1 saturated carbocycles. The van der Waals surface area contributed by atoms with E-state index in [2.05, 4.69) is 16.0 Å². The summed E-state index contributed by atoms with van der Waals surface area (Å²) in [6.45, 7) is 7.73. The summed E-state index contributed by atoms with van der Waals surface area (Å²) < 4.78 is 4.90. The number of hydrogen-bond donors (Lipinski definition) is 3. The third-order valence-corrected chi connectivity index (χ3v) is 5.29. The van der Waals surface area contributed by atoms with Gasteiger partial charge in [-0.3, -0.25) is 9.59 Å². The predicted molar refractivity (Wildman–Crippen MR) is 102 cm³/mol. The van der Waals surface area contributed by atoms with Crippen molar-refractivity contribution in [2.24, 2.45) is 5.92 Å². The van der Waals surface area contributed by atoms with E-state index < -0.39 is 29.6 Å². The number of carbonyl (C=O) groups excluding carboxylic acids is 4. The minimum Gasteiger partial charge on any atom is -0.450 e. The molecule has 1 aliphatic heterocycles. The summed E-state index contributed by atoms with van der Waals surface area (Å²) in [6.07, 6.45) is 3.12. The van der Waals surface area contributed by atoms with Gasteiger partial charge < -0.3 is 20.7 Å². The highest BCUT2D eigenvalue weighted by atomic mass is 16.5. The number of rotatable bonds is 8. The standard InChI is InChI=1S/C19H32N4O5/c1-5-28-18(27)21-14(10-12(2)3)11-20-15(24)13(4)23-16(25)19(22-17(23)26)8-6-7-9-19/h12-14H,5-11H2,1-4H3,(H,20,24)(H,21,27)(H,22,26). The van der Waals surface area contributed by atoms with Crippen LogP contribution < -0.4 is 16.0 Å². The molecule has 9 nitrogen and oxygen atoms in total. The first-order valence-electron chi connectivity index (χ1n) is 10.1. The first-order chi connectivity index (χ1) is 13.2. The van der Waals surface area contributed by atoms with Gasteiger partial charge in [0, 0.05) is 12.6 Å². The van der Waals surface area contributed by atoms with Gasteiger partial charge in [0.05, 0.1) is 6.61 Å². The molecular formula is C19H32N4O5. The average molecular weight is 396 g/mol. The van der Waals surface area contributed by atoms with E-state index in [1.54, 1.807) is 6.92 Å². The van der Waals surface area contributed by atoms with Crippen LogP contribution in [0.1, 0.15) is 59.8 Å². The lowest BCUT2D eigenvalue weighted by Crippen LogP contribution is -2.52. The Kier molecular flexibility index (Phi) is 7.26. The fourth-order valence-electron chi connectivity index (χ4n) is 3.90. The van der Waals surface area contributed by atoms with Gasteiger partial charge in [-0.2, -0.15) is 0 Å². The molecule has 1 saturated heterocycles. The molecule has 3 N–H and O–H groups in total. The Morgan fingerprint density at radius 2 is 1.86 bits per heavy atom. The maximum Gasteiger partial charge on any atom is 0.407 e. The lowest BCUT2D eigenvalue weighted by molar-refractivity contribution is -0.137. The van der Waals surface area contributed by atoms with Crippen molar-refractivity contribution >= 4 is 23.9 Å². The molecule has 0 radical (unpaired) electrons. The van der Waals surface area contributed by atoms with Crippen LogP contribution in [0.15, 0.2) is 0 Å². The van der Waals surface area contributed by atoms with E-state index >= 15 is 0 Å². The van der Waals surface area contributed by atoms with Crippen LogP contribution in [0.3, 0.4) is 0 Å². The molecule has 28 heavy (non-hydrogen) atoms. The van der Waals surface area contributed by atoms with E-state index in [4.69, 9.17) is 4.74 Å². The van der Waals surface area contributed by atoms with Gasteiger partial charge in [0.15, 0.2) is 0 Å². The highest BCUT2D eigenvalue weighted by Crippen LogP contribution is 2.35. The van der Waals surface area contributed by atoms with Gasteiger partial charge in [-0.15, -0.1) is 0 Å². The van der Waals surface area contributed by atoms with Crippen LogP contribution in [0.25, 0.3) is 0 Å². The molecule has 0 aromatic heterocycles. The molecular weight excluding hydrogens is 364 g/mol. The highest BCUT2D eigenvalue weighted by molar-refractivity contribution is 6.09. The fraction of sp³-hybridized carbons (Fsp3) is 0.789. The molecule has 2 atom stereocenters. The number of ether oxygens (including phenoxy) is 1. The van der Waals surface area contributed by atoms with Crippen molar-refractivity contribution in [3.8, 4) is 0 Å². The van der Waals surface area contributed by atoms with Gasteiger partial charge in [-0.05, 0) is 39.0 Å². The first-order valence-corrected chi connectivity index (χ1v) is 10.1. The van der Waals surface area contributed by atoms with E-state index in [-0.39, 0.29) is 25.1 Å². The zero-order valence-electron chi connectivity index (χ0n) is 17.2. The molecule has 158 valence electrons. The Hall–Kier alpha value is -2.32. The molecule has 1 heterocycles. The third-order valence-electron chi connectivity index (χ3n) is 5.29. The molecule has 0 bridgehead atoms. The topological polar surface area (TPSA) is 117 Å². The Balaban J connectivity index is 1.95. The minimum atomic E-state index is -0.922. The average Bonchev–Trinajstić information content (AvgIpc) is 3.17. The molecule has 1 aliphatic carbocycles. The van der Waals surface area contributed by atoms with Crippen LogP contribution in [-0.2, 0) is 14.3 Å². The maximum atomic E-state index is 12.8. The van der Waals surface area contributed by atoms with Gasteiger partial charge in [-0.1, -0.05) is 26.7 Å². The molecule has 2 rings (SSSR count). The second kappa shape index (κ2) is 9.25. The van der Waals surface area contributed by atoms with Crippen LogP contribution in [0, 0.1) is 5.92 Å². The Morgan fingerprint density at radius 1 is 1.21 bits per heavy atom. The van der Waals surface area contributed by atoms with Gasteiger partial charge in [0.1, 0.15) is 11.6 Å². The van der Waals surface area contributed by atoms with Crippen LogP contribution in [0.2, 0.25) is 0 Å². The Morgan fingerprint density at radius 3 is 2.43 bits per heavy atom. The summed E-state index contributed by atoms with van der Waals surface area (Å²) in [4.78, 5) is 50.4. The van der Waals surface area contributed by atoms with E-state index in [1.165, 1.54) is 6.92 Å². The lowest BCUT2D eigenvalue weighted by Gasteiger charge is -2.25. The van der Waals surface area contributed by atoms with Crippen molar-refractivity contribution in [2.75, 3.05) is 13.2 Å². The van der Waals surface area contributed by atoms with Gasteiger partial charge in [-0.25, -0.2) is 14.5 Å². The van der Waals surface area contributed by atoms with Crippen molar-refractivity contribution in [1.29, 1.82) is 0 Å². The molecule has 0 aromatic rings. The van der Waals surface area contributed by atoms with Gasteiger partial charge >= 0.3 is 12.1 Å². The molecule has 2 aliphatic rings.